The summed E-state index contributed by atoms with van der Waals surface area (Å²) in [6.45, 7) is 0. The van der Waals surface area contributed by atoms with Gasteiger partial charge in [0, 0.05) is 17.1 Å². The highest BCUT2D eigenvalue weighted by atomic mass is 32.2. The summed E-state index contributed by atoms with van der Waals surface area (Å²) in [4.78, 5) is 10.9. The van der Waals surface area contributed by atoms with E-state index in [2.05, 4.69) is 5.10 Å². The van der Waals surface area contributed by atoms with Crippen LogP contribution in [0.25, 0.3) is 0 Å². The second-order valence-electron chi connectivity index (χ2n) is 3.60. The molecule has 4 heteroatoms. The lowest BCUT2D eigenvalue weighted by Crippen LogP contribution is -2.02. The summed E-state index contributed by atoms with van der Waals surface area (Å²) in [6.07, 6.45) is 3.35. The number of aromatic nitrogens is 2. The van der Waals surface area contributed by atoms with Gasteiger partial charge in [0.2, 0.25) is 0 Å². The van der Waals surface area contributed by atoms with Crippen LogP contribution in [0.3, 0.4) is 0 Å². The molecule has 1 aliphatic carbocycles. The number of hydrogen-bond acceptors (Lipinski definition) is 3. The van der Waals surface area contributed by atoms with E-state index in [-0.39, 0.29) is 0 Å². The van der Waals surface area contributed by atoms with Crippen molar-refractivity contribution in [3.8, 4) is 0 Å². The minimum Gasteiger partial charge on any atom is -0.296 e. The predicted octanol–water partition coefficient (Wildman–Crippen LogP) is 1.78. The van der Waals surface area contributed by atoms with Crippen LogP contribution in [0.5, 0.6) is 0 Å². The molecule has 0 saturated heterocycles. The Kier molecular flexibility index (Phi) is 1.53. The molecule has 3 rings (SSSR count). The number of aldehydes is 1. The molecule has 68 valence electrons. The SMILES string of the molecule is O=Cc1c2c(nn1C1CC1)CSC2. The van der Waals surface area contributed by atoms with Gasteiger partial charge in [0.1, 0.15) is 5.69 Å². The van der Waals surface area contributed by atoms with E-state index in [4.69, 9.17) is 0 Å². The first-order chi connectivity index (χ1) is 6.40. The second-order valence-corrected chi connectivity index (χ2v) is 4.58. The summed E-state index contributed by atoms with van der Waals surface area (Å²) in [5.41, 5.74) is 3.16. The lowest BCUT2D eigenvalue weighted by atomic mass is 10.2. The van der Waals surface area contributed by atoms with E-state index in [1.807, 2.05) is 16.4 Å². The van der Waals surface area contributed by atoms with Crippen LogP contribution in [0.4, 0.5) is 0 Å². The first-order valence-corrected chi connectivity index (χ1v) is 5.69. The minimum absolute atomic E-state index is 0.524. The molecule has 0 N–H and O–H groups in total. The van der Waals surface area contributed by atoms with Crippen LogP contribution in [-0.4, -0.2) is 16.1 Å². The largest absolute Gasteiger partial charge is 0.296 e. The van der Waals surface area contributed by atoms with Gasteiger partial charge in [-0.3, -0.25) is 9.48 Å². The third-order valence-corrected chi connectivity index (χ3v) is 3.59. The Bertz CT molecular complexity index is 368. The Balaban J connectivity index is 2.14. The molecular formula is C9H10N2OS. The van der Waals surface area contributed by atoms with Crippen LogP contribution in [0.2, 0.25) is 0 Å². The normalized spacial score (nSPS) is 20.3. The van der Waals surface area contributed by atoms with Gasteiger partial charge in [0.25, 0.3) is 0 Å². The van der Waals surface area contributed by atoms with Crippen molar-refractivity contribution in [1.82, 2.24) is 9.78 Å². The van der Waals surface area contributed by atoms with Crippen molar-refractivity contribution in [3.63, 3.8) is 0 Å². The molecule has 0 radical (unpaired) electrons. The molecule has 1 aromatic heterocycles. The van der Waals surface area contributed by atoms with Crippen molar-refractivity contribution >= 4 is 18.0 Å². The molecule has 0 aromatic carbocycles. The maximum absolute atomic E-state index is 10.9. The van der Waals surface area contributed by atoms with Gasteiger partial charge in [0.15, 0.2) is 6.29 Å². The maximum atomic E-state index is 10.9. The van der Waals surface area contributed by atoms with Gasteiger partial charge in [-0.1, -0.05) is 0 Å². The Hall–Kier alpha value is -0.770. The molecular weight excluding hydrogens is 184 g/mol. The Labute approximate surface area is 80.5 Å². The lowest BCUT2D eigenvalue weighted by Gasteiger charge is -2.00. The van der Waals surface area contributed by atoms with Gasteiger partial charge in [-0.15, -0.1) is 0 Å². The molecule has 3 nitrogen and oxygen atoms in total. The summed E-state index contributed by atoms with van der Waals surface area (Å²) >= 11 is 1.85. The average molecular weight is 194 g/mol. The fourth-order valence-electron chi connectivity index (χ4n) is 1.78. The molecule has 1 aromatic rings. The zero-order valence-electron chi connectivity index (χ0n) is 7.19. The van der Waals surface area contributed by atoms with E-state index in [1.54, 1.807) is 0 Å². The lowest BCUT2D eigenvalue weighted by molar-refractivity contribution is 0.111. The fourth-order valence-corrected chi connectivity index (χ4v) is 2.82. The Morgan fingerprint density at radius 2 is 2.31 bits per heavy atom. The first-order valence-electron chi connectivity index (χ1n) is 4.53. The monoisotopic (exact) mass is 194 g/mol. The molecule has 0 bridgehead atoms. The van der Waals surface area contributed by atoms with Crippen molar-refractivity contribution in [3.05, 3.63) is 17.0 Å². The van der Waals surface area contributed by atoms with Crippen LogP contribution in [0, 0.1) is 0 Å². The third-order valence-electron chi connectivity index (χ3n) is 2.62. The van der Waals surface area contributed by atoms with Crippen molar-refractivity contribution < 1.29 is 4.79 Å². The number of thioether (sulfide) groups is 1. The number of hydrogen-bond donors (Lipinski definition) is 0. The smallest absolute Gasteiger partial charge is 0.168 e. The van der Waals surface area contributed by atoms with Crippen LogP contribution in [0.15, 0.2) is 0 Å². The minimum atomic E-state index is 0.524. The molecule has 1 fully saturated rings. The molecule has 0 spiro atoms. The predicted molar refractivity (Wildman–Crippen MR) is 50.9 cm³/mol. The summed E-state index contributed by atoms with van der Waals surface area (Å²) < 4.78 is 1.94. The van der Waals surface area contributed by atoms with Gasteiger partial charge < -0.3 is 0 Å². The van der Waals surface area contributed by atoms with Gasteiger partial charge in [0.05, 0.1) is 11.7 Å². The van der Waals surface area contributed by atoms with E-state index in [0.717, 1.165) is 29.2 Å². The number of carbonyl (C=O) groups excluding carboxylic acids is 1. The molecule has 2 aliphatic rings. The highest BCUT2D eigenvalue weighted by Crippen LogP contribution is 2.39. The summed E-state index contributed by atoms with van der Waals surface area (Å²) in [5, 5.41) is 4.49. The maximum Gasteiger partial charge on any atom is 0.168 e. The van der Waals surface area contributed by atoms with Crippen molar-refractivity contribution in [2.24, 2.45) is 0 Å². The molecule has 1 saturated carbocycles. The molecule has 13 heavy (non-hydrogen) atoms. The van der Waals surface area contributed by atoms with Gasteiger partial charge in [-0.2, -0.15) is 16.9 Å². The van der Waals surface area contributed by atoms with Gasteiger partial charge in [-0.05, 0) is 12.8 Å². The quantitative estimate of drug-likeness (QED) is 0.673. The molecule has 2 heterocycles. The zero-order chi connectivity index (χ0) is 8.84. The number of carbonyl (C=O) groups is 1. The Morgan fingerprint density at radius 1 is 1.46 bits per heavy atom. The zero-order valence-corrected chi connectivity index (χ0v) is 8.01. The fraction of sp³-hybridized carbons (Fsp3) is 0.556. The summed E-state index contributed by atoms with van der Waals surface area (Å²) in [5.74, 6) is 1.95. The third kappa shape index (κ3) is 1.05. The highest BCUT2D eigenvalue weighted by Gasteiger charge is 2.31. The van der Waals surface area contributed by atoms with E-state index in [0.29, 0.717) is 6.04 Å². The number of nitrogens with zero attached hydrogens (tertiary/aromatic N) is 2. The molecule has 0 atom stereocenters. The van der Waals surface area contributed by atoms with Crippen molar-refractivity contribution in [2.75, 3.05) is 0 Å². The topological polar surface area (TPSA) is 34.9 Å². The van der Waals surface area contributed by atoms with E-state index in [9.17, 15) is 4.79 Å². The number of rotatable bonds is 2. The average Bonchev–Trinajstić information content (AvgIpc) is 2.76. The van der Waals surface area contributed by atoms with Gasteiger partial charge in [-0.25, -0.2) is 0 Å². The number of fused-ring (bicyclic) bond motifs is 1. The van der Waals surface area contributed by atoms with E-state index >= 15 is 0 Å². The first kappa shape index (κ1) is 7.62. The van der Waals surface area contributed by atoms with Crippen molar-refractivity contribution in [2.45, 2.75) is 30.4 Å². The Morgan fingerprint density at radius 3 is 3.00 bits per heavy atom. The van der Waals surface area contributed by atoms with E-state index < -0.39 is 0 Å². The molecule has 0 unspecified atom stereocenters. The van der Waals surface area contributed by atoms with Crippen LogP contribution >= 0.6 is 11.8 Å². The van der Waals surface area contributed by atoms with Crippen LogP contribution in [-0.2, 0) is 11.5 Å². The van der Waals surface area contributed by atoms with Crippen molar-refractivity contribution in [1.29, 1.82) is 0 Å². The highest BCUT2D eigenvalue weighted by molar-refractivity contribution is 7.98. The van der Waals surface area contributed by atoms with E-state index in [1.165, 1.54) is 18.4 Å². The standard InChI is InChI=1S/C9H10N2OS/c12-3-9-7-4-13-5-8(7)10-11(9)6-1-2-6/h3,6H,1-2,4-5H2. The van der Waals surface area contributed by atoms with Crippen LogP contribution in [0.1, 0.15) is 40.6 Å². The van der Waals surface area contributed by atoms with Gasteiger partial charge >= 0.3 is 0 Å². The molecule has 1 aliphatic heterocycles. The summed E-state index contributed by atoms with van der Waals surface area (Å²) in [6, 6.07) is 0.524. The second kappa shape index (κ2) is 2.61. The summed E-state index contributed by atoms with van der Waals surface area (Å²) in [7, 11) is 0. The molecule has 0 amide bonds. The van der Waals surface area contributed by atoms with Crippen LogP contribution < -0.4 is 0 Å².